The summed E-state index contributed by atoms with van der Waals surface area (Å²) in [7, 11) is 1.70. The molecule has 1 saturated heterocycles. The normalized spacial score (nSPS) is 20.9. The molecule has 1 aliphatic heterocycles. The standard InChI is InChI=1S/C9H13N3O3/c1-11-8(7(4-10-11)9(14)15)12-3-2-6(13)5-12/h4,6,13H,2-3,5H2,1H3,(H,14,15). The molecule has 6 heteroatoms. The van der Waals surface area contributed by atoms with Crippen molar-refractivity contribution in [3.63, 3.8) is 0 Å². The van der Waals surface area contributed by atoms with Crippen molar-refractivity contribution >= 4 is 11.8 Å². The average molecular weight is 211 g/mol. The molecule has 0 aliphatic carbocycles. The van der Waals surface area contributed by atoms with Crippen LogP contribution in [0.25, 0.3) is 0 Å². The Labute approximate surface area is 86.7 Å². The molecule has 0 aromatic carbocycles. The predicted molar refractivity (Wildman–Crippen MR) is 53.0 cm³/mol. The number of aliphatic hydroxyl groups is 1. The van der Waals surface area contributed by atoms with Gasteiger partial charge < -0.3 is 15.1 Å². The molecule has 0 spiro atoms. The highest BCUT2D eigenvalue weighted by atomic mass is 16.4. The van der Waals surface area contributed by atoms with E-state index in [9.17, 15) is 9.90 Å². The number of aliphatic hydroxyl groups excluding tert-OH is 1. The van der Waals surface area contributed by atoms with Gasteiger partial charge in [-0.3, -0.25) is 4.68 Å². The lowest BCUT2D eigenvalue weighted by molar-refractivity contribution is 0.0697. The summed E-state index contributed by atoms with van der Waals surface area (Å²) in [6.07, 6.45) is 1.63. The number of anilines is 1. The zero-order valence-corrected chi connectivity index (χ0v) is 8.42. The summed E-state index contributed by atoms with van der Waals surface area (Å²) < 4.78 is 1.53. The van der Waals surface area contributed by atoms with Crippen LogP contribution in [0.4, 0.5) is 5.82 Å². The van der Waals surface area contributed by atoms with Gasteiger partial charge >= 0.3 is 5.97 Å². The van der Waals surface area contributed by atoms with Gasteiger partial charge in [-0.2, -0.15) is 5.10 Å². The van der Waals surface area contributed by atoms with Crippen LogP contribution in [-0.4, -0.2) is 45.2 Å². The van der Waals surface area contributed by atoms with Crippen LogP contribution in [0.2, 0.25) is 0 Å². The third-order valence-corrected chi connectivity index (χ3v) is 2.60. The van der Waals surface area contributed by atoms with Crippen LogP contribution in [0.3, 0.4) is 0 Å². The molecule has 2 N–H and O–H groups in total. The van der Waals surface area contributed by atoms with E-state index in [-0.39, 0.29) is 11.7 Å². The lowest BCUT2D eigenvalue weighted by Gasteiger charge is -2.18. The molecule has 1 aromatic heterocycles. The van der Waals surface area contributed by atoms with Crippen LogP contribution >= 0.6 is 0 Å². The Morgan fingerprint density at radius 2 is 2.40 bits per heavy atom. The number of aromatic carboxylic acids is 1. The van der Waals surface area contributed by atoms with Gasteiger partial charge in [-0.25, -0.2) is 4.79 Å². The van der Waals surface area contributed by atoms with Crippen LogP contribution in [0.5, 0.6) is 0 Å². The Balaban J connectivity index is 2.34. The van der Waals surface area contributed by atoms with Crippen LogP contribution in [0.1, 0.15) is 16.8 Å². The van der Waals surface area contributed by atoms with Crippen molar-refractivity contribution in [2.24, 2.45) is 7.05 Å². The number of carboxylic acid groups (broad SMARTS) is 1. The van der Waals surface area contributed by atoms with Gasteiger partial charge in [-0.1, -0.05) is 0 Å². The second-order valence-corrected chi connectivity index (χ2v) is 3.70. The van der Waals surface area contributed by atoms with Crippen molar-refractivity contribution in [1.82, 2.24) is 9.78 Å². The molecular formula is C9H13N3O3. The fourth-order valence-corrected chi connectivity index (χ4v) is 1.89. The van der Waals surface area contributed by atoms with Crippen molar-refractivity contribution in [2.45, 2.75) is 12.5 Å². The number of carbonyl (C=O) groups is 1. The number of β-amino-alcohol motifs (C(OH)–C–C–N with tert-alkyl or cyclic N) is 1. The first-order valence-electron chi connectivity index (χ1n) is 4.78. The first-order valence-corrected chi connectivity index (χ1v) is 4.78. The van der Waals surface area contributed by atoms with Gasteiger partial charge in [0, 0.05) is 20.1 Å². The van der Waals surface area contributed by atoms with E-state index in [2.05, 4.69) is 5.10 Å². The third kappa shape index (κ3) is 1.68. The minimum absolute atomic E-state index is 0.187. The predicted octanol–water partition coefficient (Wildman–Crippen LogP) is -0.311. The number of aromatic nitrogens is 2. The molecule has 1 aliphatic rings. The molecule has 15 heavy (non-hydrogen) atoms. The minimum atomic E-state index is -0.987. The molecule has 0 saturated carbocycles. The zero-order valence-electron chi connectivity index (χ0n) is 8.42. The van der Waals surface area contributed by atoms with Crippen LogP contribution in [-0.2, 0) is 7.05 Å². The Hall–Kier alpha value is -1.56. The first kappa shape index (κ1) is 9.97. The average Bonchev–Trinajstić information content (AvgIpc) is 2.71. The summed E-state index contributed by atoms with van der Waals surface area (Å²) in [6, 6.07) is 0. The monoisotopic (exact) mass is 211 g/mol. The molecule has 0 amide bonds. The van der Waals surface area contributed by atoms with Gasteiger partial charge in [0.05, 0.1) is 12.3 Å². The van der Waals surface area contributed by atoms with Gasteiger partial charge in [0.15, 0.2) is 0 Å². The number of rotatable bonds is 2. The maximum absolute atomic E-state index is 10.9. The smallest absolute Gasteiger partial charge is 0.341 e. The molecule has 2 heterocycles. The van der Waals surface area contributed by atoms with Gasteiger partial charge in [0.2, 0.25) is 0 Å². The molecule has 1 aromatic rings. The van der Waals surface area contributed by atoms with E-state index in [0.717, 1.165) is 0 Å². The van der Waals surface area contributed by atoms with Crippen LogP contribution in [0.15, 0.2) is 6.20 Å². The molecule has 82 valence electrons. The summed E-state index contributed by atoms with van der Waals surface area (Å²) in [5.74, 6) is -0.418. The lowest BCUT2D eigenvalue weighted by Crippen LogP contribution is -2.25. The number of hydrogen-bond acceptors (Lipinski definition) is 4. The Kier molecular flexibility index (Phi) is 2.36. The quantitative estimate of drug-likeness (QED) is 0.701. The molecule has 6 nitrogen and oxygen atoms in total. The van der Waals surface area contributed by atoms with E-state index in [0.29, 0.717) is 25.3 Å². The van der Waals surface area contributed by atoms with Crippen molar-refractivity contribution < 1.29 is 15.0 Å². The van der Waals surface area contributed by atoms with E-state index >= 15 is 0 Å². The summed E-state index contributed by atoms with van der Waals surface area (Å²) in [5, 5.41) is 22.3. The molecule has 0 radical (unpaired) electrons. The summed E-state index contributed by atoms with van der Waals surface area (Å²) >= 11 is 0. The molecule has 1 atom stereocenters. The van der Waals surface area contributed by atoms with E-state index < -0.39 is 5.97 Å². The number of aryl methyl sites for hydroxylation is 1. The second kappa shape index (κ2) is 3.54. The van der Waals surface area contributed by atoms with Crippen molar-refractivity contribution in [3.8, 4) is 0 Å². The van der Waals surface area contributed by atoms with E-state index in [4.69, 9.17) is 5.11 Å². The highest BCUT2D eigenvalue weighted by molar-refractivity contribution is 5.93. The van der Waals surface area contributed by atoms with Gasteiger partial charge in [-0.15, -0.1) is 0 Å². The second-order valence-electron chi connectivity index (χ2n) is 3.70. The summed E-state index contributed by atoms with van der Waals surface area (Å²) in [6.45, 7) is 1.14. The zero-order chi connectivity index (χ0) is 11.0. The molecule has 1 unspecified atom stereocenters. The topological polar surface area (TPSA) is 78.6 Å². The SMILES string of the molecule is Cn1ncc(C(=O)O)c1N1CCC(O)C1. The first-order chi connectivity index (χ1) is 7.09. The van der Waals surface area contributed by atoms with Gasteiger partial charge in [0.25, 0.3) is 0 Å². The fourth-order valence-electron chi connectivity index (χ4n) is 1.89. The number of hydrogen-bond donors (Lipinski definition) is 2. The fraction of sp³-hybridized carbons (Fsp3) is 0.556. The number of carboxylic acids is 1. The highest BCUT2D eigenvalue weighted by Gasteiger charge is 2.27. The largest absolute Gasteiger partial charge is 0.477 e. The molecule has 1 fully saturated rings. The van der Waals surface area contributed by atoms with Crippen molar-refractivity contribution in [1.29, 1.82) is 0 Å². The summed E-state index contributed by atoms with van der Waals surface area (Å²) in [5.41, 5.74) is 0.187. The van der Waals surface area contributed by atoms with Gasteiger partial charge in [-0.05, 0) is 6.42 Å². The molecular weight excluding hydrogens is 198 g/mol. The third-order valence-electron chi connectivity index (χ3n) is 2.60. The maximum Gasteiger partial charge on any atom is 0.341 e. The van der Waals surface area contributed by atoms with E-state index in [1.54, 1.807) is 7.05 Å². The highest BCUT2D eigenvalue weighted by Crippen LogP contribution is 2.23. The Morgan fingerprint density at radius 1 is 1.67 bits per heavy atom. The van der Waals surface area contributed by atoms with Crippen LogP contribution < -0.4 is 4.90 Å². The summed E-state index contributed by atoms with van der Waals surface area (Å²) in [4.78, 5) is 12.8. The van der Waals surface area contributed by atoms with Gasteiger partial charge in [0.1, 0.15) is 11.4 Å². The van der Waals surface area contributed by atoms with Crippen molar-refractivity contribution in [3.05, 3.63) is 11.8 Å². The Bertz CT molecular complexity index is 388. The molecule has 2 rings (SSSR count). The lowest BCUT2D eigenvalue weighted by atomic mass is 10.3. The molecule has 0 bridgehead atoms. The minimum Gasteiger partial charge on any atom is -0.477 e. The van der Waals surface area contributed by atoms with Crippen molar-refractivity contribution in [2.75, 3.05) is 18.0 Å². The Morgan fingerprint density at radius 3 is 2.93 bits per heavy atom. The van der Waals surface area contributed by atoms with E-state index in [1.807, 2.05) is 4.90 Å². The maximum atomic E-state index is 10.9. The number of nitrogens with zero attached hydrogens (tertiary/aromatic N) is 3. The van der Waals surface area contributed by atoms with Crippen LogP contribution in [0, 0.1) is 0 Å². The van der Waals surface area contributed by atoms with E-state index in [1.165, 1.54) is 10.9 Å².